The molecule has 0 aliphatic heterocycles. The normalized spacial score (nSPS) is 12.0. The van der Waals surface area contributed by atoms with Crippen molar-refractivity contribution < 1.29 is 50.1 Å². The molecular formula is C32H34F6O5. The van der Waals surface area contributed by atoms with E-state index in [4.69, 9.17) is 25.4 Å². The smallest absolute Gasteiger partial charge is 0.416 e. The molecule has 0 atom stereocenters. The zero-order chi connectivity index (χ0) is 31.9. The van der Waals surface area contributed by atoms with Crippen LogP contribution in [0.15, 0.2) is 60.7 Å². The lowest BCUT2D eigenvalue weighted by molar-refractivity contribution is -0.143. The van der Waals surface area contributed by atoms with Crippen LogP contribution in [0.3, 0.4) is 0 Å². The number of carbonyl (C=O) groups excluding carboxylic acids is 1. The molecule has 0 unspecified atom stereocenters. The summed E-state index contributed by atoms with van der Waals surface area (Å²) >= 11 is 0. The van der Waals surface area contributed by atoms with Crippen LogP contribution in [0.1, 0.15) is 66.1 Å². The van der Waals surface area contributed by atoms with Crippen LogP contribution in [0.4, 0.5) is 26.3 Å². The van der Waals surface area contributed by atoms with Crippen LogP contribution in [-0.4, -0.2) is 32.4 Å². The van der Waals surface area contributed by atoms with Crippen molar-refractivity contribution in [2.45, 2.75) is 58.0 Å². The van der Waals surface area contributed by atoms with Gasteiger partial charge in [-0.3, -0.25) is 0 Å². The molecule has 0 bridgehead atoms. The first-order valence-corrected chi connectivity index (χ1v) is 13.5. The molecule has 0 aromatic heterocycles. The maximum Gasteiger partial charge on any atom is 0.416 e. The predicted molar refractivity (Wildman–Crippen MR) is 150 cm³/mol. The third-order valence-corrected chi connectivity index (χ3v) is 5.91. The van der Waals surface area contributed by atoms with Crippen molar-refractivity contribution in [1.29, 1.82) is 0 Å². The molecule has 0 fully saturated rings. The van der Waals surface area contributed by atoms with E-state index >= 15 is 0 Å². The Morgan fingerprint density at radius 3 is 2.23 bits per heavy atom. The van der Waals surface area contributed by atoms with Gasteiger partial charge in [-0.2, -0.15) is 26.3 Å². The predicted octanol–water partition coefficient (Wildman–Crippen LogP) is 8.57. The molecule has 0 amide bonds. The Morgan fingerprint density at radius 1 is 0.930 bits per heavy atom. The first-order chi connectivity index (χ1) is 20.3. The average molecular weight is 613 g/mol. The summed E-state index contributed by atoms with van der Waals surface area (Å²) in [6.45, 7) is 5.70. The van der Waals surface area contributed by atoms with Crippen molar-refractivity contribution in [3.63, 3.8) is 0 Å². The molecule has 2 aromatic rings. The Bertz CT molecular complexity index is 1240. The van der Waals surface area contributed by atoms with Gasteiger partial charge in [0.05, 0.1) is 30.9 Å². The number of hydrogen-bond acceptors (Lipinski definition) is 5. The van der Waals surface area contributed by atoms with Crippen molar-refractivity contribution in [3.8, 4) is 23.8 Å². The number of unbranched alkanes of at least 4 members (excludes halogenated alkanes) is 4. The molecule has 2 rings (SSSR count). The summed E-state index contributed by atoms with van der Waals surface area (Å²) in [6, 6.07) is 5.43. The highest BCUT2D eigenvalue weighted by atomic mass is 19.4. The van der Waals surface area contributed by atoms with E-state index in [0.29, 0.717) is 38.2 Å². The molecule has 0 spiro atoms. The summed E-state index contributed by atoms with van der Waals surface area (Å²) in [4.78, 5) is 13.0. The largest absolute Gasteiger partial charge is 0.493 e. The molecule has 0 radical (unpaired) electrons. The molecule has 0 heterocycles. The van der Waals surface area contributed by atoms with Gasteiger partial charge in [-0.15, -0.1) is 18.9 Å². The third kappa shape index (κ3) is 12.9. The summed E-state index contributed by atoms with van der Waals surface area (Å²) in [5.74, 6) is 1.96. The van der Waals surface area contributed by atoms with Crippen LogP contribution in [-0.2, 0) is 28.4 Å². The monoisotopic (exact) mass is 612 g/mol. The van der Waals surface area contributed by atoms with Crippen LogP contribution >= 0.6 is 0 Å². The van der Waals surface area contributed by atoms with Gasteiger partial charge in [-0.25, -0.2) is 4.79 Å². The molecule has 11 heteroatoms. The number of terminal acetylenes is 1. The Morgan fingerprint density at radius 2 is 1.60 bits per heavy atom. The number of carbonyl (C=O) groups is 1. The lowest BCUT2D eigenvalue weighted by Gasteiger charge is -2.16. The van der Waals surface area contributed by atoms with Gasteiger partial charge < -0.3 is 18.9 Å². The Kier molecular flexibility index (Phi) is 14.2. The van der Waals surface area contributed by atoms with Gasteiger partial charge in [-0.05, 0) is 67.3 Å². The number of rotatable bonds is 17. The highest BCUT2D eigenvalue weighted by Gasteiger charge is 2.37. The molecular weight excluding hydrogens is 578 g/mol. The lowest BCUT2D eigenvalue weighted by Crippen LogP contribution is -2.13. The first kappa shape index (κ1) is 35.3. The van der Waals surface area contributed by atoms with E-state index in [1.165, 1.54) is 12.1 Å². The van der Waals surface area contributed by atoms with Gasteiger partial charge in [0.25, 0.3) is 0 Å². The Hall–Kier alpha value is -3.91. The number of hydrogen-bond donors (Lipinski definition) is 0. The lowest BCUT2D eigenvalue weighted by atomic mass is 10.1. The van der Waals surface area contributed by atoms with Crippen molar-refractivity contribution in [3.05, 3.63) is 83.0 Å². The minimum atomic E-state index is -5.03. The Balaban J connectivity index is 2.21. The van der Waals surface area contributed by atoms with Crippen LogP contribution in [0, 0.1) is 12.3 Å². The average Bonchev–Trinajstić information content (AvgIpc) is 2.95. The number of benzene rings is 2. The molecule has 2 aromatic carbocycles. The van der Waals surface area contributed by atoms with Gasteiger partial charge in [0.15, 0.2) is 0 Å². The molecule has 0 aliphatic carbocycles. The van der Waals surface area contributed by atoms with Crippen molar-refractivity contribution in [1.82, 2.24) is 0 Å². The SMILES string of the molecule is C#CCCCCCCOc1ccc(OC/C(C)=C/COCC=C)cc1C(=O)OCc1cc(C(F)(F)F)cc(C(F)(F)F)c1. The summed E-state index contributed by atoms with van der Waals surface area (Å²) in [7, 11) is 0. The first-order valence-electron chi connectivity index (χ1n) is 13.5. The van der Waals surface area contributed by atoms with Gasteiger partial charge in [0, 0.05) is 6.42 Å². The molecule has 5 nitrogen and oxygen atoms in total. The number of alkyl halides is 6. The second-order valence-electron chi connectivity index (χ2n) is 9.53. The maximum atomic E-state index is 13.2. The molecule has 0 N–H and O–H groups in total. The van der Waals surface area contributed by atoms with E-state index < -0.39 is 41.6 Å². The fraction of sp³-hybridized carbons (Fsp3) is 0.406. The minimum absolute atomic E-state index is 0.00659. The fourth-order valence-electron chi connectivity index (χ4n) is 3.69. The Labute approximate surface area is 247 Å². The molecule has 0 aliphatic rings. The van der Waals surface area contributed by atoms with Gasteiger partial charge in [0.2, 0.25) is 0 Å². The van der Waals surface area contributed by atoms with E-state index in [9.17, 15) is 31.1 Å². The molecule has 0 saturated carbocycles. The maximum absolute atomic E-state index is 13.2. The number of esters is 1. The number of halogens is 6. The quantitative estimate of drug-likeness (QED) is 0.0589. The van der Waals surface area contributed by atoms with Crippen molar-refractivity contribution in [2.24, 2.45) is 0 Å². The highest BCUT2D eigenvalue weighted by molar-refractivity contribution is 5.93. The van der Waals surface area contributed by atoms with Crippen LogP contribution in [0.5, 0.6) is 11.5 Å². The fourth-order valence-corrected chi connectivity index (χ4v) is 3.69. The summed E-state index contributed by atoms with van der Waals surface area (Å²) in [5, 5.41) is 0. The molecule has 234 valence electrons. The van der Waals surface area contributed by atoms with Crippen LogP contribution in [0.2, 0.25) is 0 Å². The van der Waals surface area contributed by atoms with Gasteiger partial charge >= 0.3 is 18.3 Å². The summed E-state index contributed by atoms with van der Waals surface area (Å²) < 4.78 is 101. The molecule has 0 saturated heterocycles. The van der Waals surface area contributed by atoms with Crippen LogP contribution < -0.4 is 9.47 Å². The van der Waals surface area contributed by atoms with Gasteiger partial charge in [-0.1, -0.05) is 25.0 Å². The zero-order valence-corrected chi connectivity index (χ0v) is 23.8. The van der Waals surface area contributed by atoms with Gasteiger partial charge in [0.1, 0.15) is 30.3 Å². The second kappa shape index (κ2) is 17.3. The summed E-state index contributed by atoms with van der Waals surface area (Å²) in [5.41, 5.74) is -2.74. The standard InChI is InChI=1S/C32H34F6O5/c1-4-6-7-8-9-10-15-41-29-12-11-27(42-21-23(3)13-16-40-14-5-2)20-28(29)30(39)43-22-24-17-25(31(33,34)35)19-26(18-24)32(36,37)38/h1,5,11-13,17-20H,2,6-10,14-16,21-22H2,3H3/b23-13+. The van der Waals surface area contributed by atoms with E-state index in [1.54, 1.807) is 12.1 Å². The van der Waals surface area contributed by atoms with Crippen LogP contribution in [0.25, 0.3) is 0 Å². The second-order valence-corrected chi connectivity index (χ2v) is 9.53. The van der Waals surface area contributed by atoms with E-state index in [2.05, 4.69) is 12.5 Å². The number of ether oxygens (including phenoxy) is 4. The van der Waals surface area contributed by atoms with Crippen molar-refractivity contribution >= 4 is 5.97 Å². The van der Waals surface area contributed by atoms with E-state index in [1.807, 2.05) is 13.0 Å². The molecule has 43 heavy (non-hydrogen) atoms. The van der Waals surface area contributed by atoms with E-state index in [-0.39, 0.29) is 36.3 Å². The van der Waals surface area contributed by atoms with Crippen molar-refractivity contribution in [2.75, 3.05) is 26.4 Å². The minimum Gasteiger partial charge on any atom is -0.493 e. The zero-order valence-electron chi connectivity index (χ0n) is 23.8. The third-order valence-electron chi connectivity index (χ3n) is 5.91. The van der Waals surface area contributed by atoms with E-state index in [0.717, 1.165) is 24.8 Å². The summed E-state index contributed by atoms with van der Waals surface area (Å²) in [6.07, 6.45) is 2.56. The highest BCUT2D eigenvalue weighted by Crippen LogP contribution is 2.36. The topological polar surface area (TPSA) is 54.0 Å².